The van der Waals surface area contributed by atoms with E-state index in [1.807, 2.05) is 62.5 Å². The molecule has 3 N–H and O–H groups in total. The number of amides is 2. The number of hydrogen-bond acceptors (Lipinski definition) is 2. The van der Waals surface area contributed by atoms with Gasteiger partial charge in [0.25, 0.3) is 0 Å². The molecule has 0 aliphatic heterocycles. The summed E-state index contributed by atoms with van der Waals surface area (Å²) < 4.78 is 0. The largest absolute Gasteiger partial charge is 0.361 e. The van der Waals surface area contributed by atoms with Crippen LogP contribution in [-0.4, -0.2) is 16.8 Å². The summed E-state index contributed by atoms with van der Waals surface area (Å²) in [6, 6.07) is 13.6. The lowest BCUT2D eigenvalue weighted by atomic mass is 10.1. The Morgan fingerprint density at radius 3 is 2.64 bits per heavy atom. The summed E-state index contributed by atoms with van der Waals surface area (Å²) in [6.45, 7) is 4.33. The van der Waals surface area contributed by atoms with Crippen LogP contribution < -0.4 is 10.6 Å². The zero-order valence-electron chi connectivity index (χ0n) is 14.3. The lowest BCUT2D eigenvalue weighted by molar-refractivity contribution is -0.126. The number of aryl methyl sites for hydroxylation is 1. The van der Waals surface area contributed by atoms with Crippen LogP contribution in [0.2, 0.25) is 0 Å². The second kappa shape index (κ2) is 7.21. The maximum Gasteiger partial charge on any atom is 0.233 e. The van der Waals surface area contributed by atoms with Crippen molar-refractivity contribution in [2.75, 3.05) is 5.32 Å². The molecular weight excluding hydrogens is 314 g/mol. The molecule has 0 unspecified atom stereocenters. The number of carbonyl (C=O) groups excluding carboxylic acids is 2. The van der Waals surface area contributed by atoms with Gasteiger partial charge in [-0.2, -0.15) is 0 Å². The number of fused-ring (bicyclic) bond motifs is 1. The number of H-pyrrole nitrogens is 1. The first-order valence-corrected chi connectivity index (χ1v) is 8.22. The van der Waals surface area contributed by atoms with Crippen molar-refractivity contribution in [3.05, 3.63) is 65.4 Å². The number of hydrogen-bond donors (Lipinski definition) is 3. The summed E-state index contributed by atoms with van der Waals surface area (Å²) in [6.07, 6.45) is 1.67. The van der Waals surface area contributed by atoms with Crippen LogP contribution in [-0.2, 0) is 16.1 Å². The first-order valence-electron chi connectivity index (χ1n) is 8.22. The lowest BCUT2D eigenvalue weighted by Crippen LogP contribution is -2.28. The first-order chi connectivity index (χ1) is 12.0. The Hall–Kier alpha value is -3.08. The van der Waals surface area contributed by atoms with Gasteiger partial charge in [-0.3, -0.25) is 9.59 Å². The van der Waals surface area contributed by atoms with Crippen molar-refractivity contribution in [1.82, 2.24) is 10.3 Å². The SMILES string of the molecule is Cc1cccc(NC(=O)CC(=O)NCc2cccc3[nH]ccc23)c1C. The van der Waals surface area contributed by atoms with Gasteiger partial charge in [0.05, 0.1) is 0 Å². The molecule has 0 aliphatic rings. The number of carbonyl (C=O) groups is 2. The van der Waals surface area contributed by atoms with E-state index in [2.05, 4.69) is 15.6 Å². The number of anilines is 1. The Morgan fingerprint density at radius 1 is 1.00 bits per heavy atom. The molecule has 0 saturated heterocycles. The fourth-order valence-corrected chi connectivity index (χ4v) is 2.79. The van der Waals surface area contributed by atoms with Crippen LogP contribution in [0.5, 0.6) is 0 Å². The van der Waals surface area contributed by atoms with Crippen molar-refractivity contribution in [2.45, 2.75) is 26.8 Å². The lowest BCUT2D eigenvalue weighted by Gasteiger charge is -2.11. The Labute approximate surface area is 146 Å². The number of aromatic amines is 1. The summed E-state index contributed by atoms with van der Waals surface area (Å²) >= 11 is 0. The van der Waals surface area contributed by atoms with Crippen LogP contribution in [0.15, 0.2) is 48.7 Å². The highest BCUT2D eigenvalue weighted by Gasteiger charge is 2.11. The molecule has 2 amide bonds. The van der Waals surface area contributed by atoms with E-state index in [1.54, 1.807) is 0 Å². The monoisotopic (exact) mass is 335 g/mol. The Balaban J connectivity index is 1.56. The van der Waals surface area contributed by atoms with Crippen LogP contribution in [0, 0.1) is 13.8 Å². The predicted octanol–water partition coefficient (Wildman–Crippen LogP) is 3.43. The summed E-state index contributed by atoms with van der Waals surface area (Å²) in [5.74, 6) is -0.610. The third-order valence-corrected chi connectivity index (χ3v) is 4.36. The van der Waals surface area contributed by atoms with Crippen molar-refractivity contribution >= 4 is 28.4 Å². The summed E-state index contributed by atoms with van der Waals surface area (Å²) in [5, 5.41) is 6.68. The molecule has 0 bridgehead atoms. The van der Waals surface area contributed by atoms with Gasteiger partial charge in [0.1, 0.15) is 6.42 Å². The molecule has 1 aromatic heterocycles. The molecular formula is C20H21N3O2. The second-order valence-electron chi connectivity index (χ2n) is 6.11. The second-order valence-corrected chi connectivity index (χ2v) is 6.11. The average Bonchev–Trinajstić information content (AvgIpc) is 3.06. The number of rotatable bonds is 5. The smallest absolute Gasteiger partial charge is 0.233 e. The molecule has 0 fully saturated rings. The number of nitrogens with one attached hydrogen (secondary N) is 3. The van der Waals surface area contributed by atoms with Gasteiger partial charge in [-0.05, 0) is 48.7 Å². The van der Waals surface area contributed by atoms with E-state index in [0.717, 1.165) is 33.3 Å². The molecule has 0 aliphatic carbocycles. The minimum atomic E-state index is -0.314. The first kappa shape index (κ1) is 16.8. The Bertz CT molecular complexity index is 928. The van der Waals surface area contributed by atoms with Crippen LogP contribution in [0.3, 0.4) is 0 Å². The fourth-order valence-electron chi connectivity index (χ4n) is 2.79. The zero-order valence-corrected chi connectivity index (χ0v) is 14.3. The van der Waals surface area contributed by atoms with Gasteiger partial charge in [0, 0.05) is 29.3 Å². The zero-order chi connectivity index (χ0) is 17.8. The van der Waals surface area contributed by atoms with Gasteiger partial charge in [-0.15, -0.1) is 0 Å². The van der Waals surface area contributed by atoms with Gasteiger partial charge < -0.3 is 15.6 Å². The van der Waals surface area contributed by atoms with Gasteiger partial charge in [0.2, 0.25) is 11.8 Å². The maximum absolute atomic E-state index is 12.1. The van der Waals surface area contributed by atoms with Crippen LogP contribution in [0.1, 0.15) is 23.1 Å². The van der Waals surface area contributed by atoms with Crippen molar-refractivity contribution in [3.8, 4) is 0 Å². The van der Waals surface area contributed by atoms with E-state index in [9.17, 15) is 9.59 Å². The summed E-state index contributed by atoms with van der Waals surface area (Å²) in [4.78, 5) is 27.3. The minimum Gasteiger partial charge on any atom is -0.361 e. The summed E-state index contributed by atoms with van der Waals surface area (Å²) in [7, 11) is 0. The van der Waals surface area contributed by atoms with Gasteiger partial charge in [-0.25, -0.2) is 0 Å². The molecule has 0 atom stereocenters. The Kier molecular flexibility index (Phi) is 4.84. The number of benzene rings is 2. The molecule has 128 valence electrons. The highest BCUT2D eigenvalue weighted by molar-refractivity contribution is 6.04. The number of aromatic nitrogens is 1. The molecule has 3 aromatic rings. The molecule has 25 heavy (non-hydrogen) atoms. The molecule has 0 saturated carbocycles. The van der Waals surface area contributed by atoms with E-state index in [-0.39, 0.29) is 18.2 Å². The topological polar surface area (TPSA) is 74.0 Å². The van der Waals surface area contributed by atoms with E-state index < -0.39 is 0 Å². The standard InChI is InChI=1S/C20H21N3O2/c1-13-5-3-7-17(14(13)2)23-20(25)11-19(24)22-12-15-6-4-8-18-16(15)9-10-21-18/h3-10,21H,11-12H2,1-2H3,(H,22,24)(H,23,25). The highest BCUT2D eigenvalue weighted by Crippen LogP contribution is 2.18. The van der Waals surface area contributed by atoms with Gasteiger partial charge in [-0.1, -0.05) is 24.3 Å². The maximum atomic E-state index is 12.1. The molecule has 3 rings (SSSR count). The van der Waals surface area contributed by atoms with Crippen molar-refractivity contribution in [3.63, 3.8) is 0 Å². The Morgan fingerprint density at radius 2 is 1.80 bits per heavy atom. The fraction of sp³-hybridized carbons (Fsp3) is 0.200. The normalized spacial score (nSPS) is 10.6. The van der Waals surface area contributed by atoms with Crippen LogP contribution in [0.25, 0.3) is 10.9 Å². The quantitative estimate of drug-likeness (QED) is 0.625. The van der Waals surface area contributed by atoms with E-state index in [0.29, 0.717) is 6.54 Å². The summed E-state index contributed by atoms with van der Waals surface area (Å²) in [5.41, 5.74) is 4.90. The predicted molar refractivity (Wildman–Crippen MR) is 99.3 cm³/mol. The molecule has 0 radical (unpaired) electrons. The van der Waals surface area contributed by atoms with Crippen LogP contribution in [0.4, 0.5) is 5.69 Å². The van der Waals surface area contributed by atoms with Gasteiger partial charge in [0.15, 0.2) is 0 Å². The molecule has 5 nitrogen and oxygen atoms in total. The minimum absolute atomic E-state index is 0.198. The molecule has 2 aromatic carbocycles. The highest BCUT2D eigenvalue weighted by atomic mass is 16.2. The molecule has 1 heterocycles. The molecule has 5 heteroatoms. The third kappa shape index (κ3) is 3.88. The van der Waals surface area contributed by atoms with E-state index in [4.69, 9.17) is 0 Å². The van der Waals surface area contributed by atoms with Crippen molar-refractivity contribution in [2.24, 2.45) is 0 Å². The average molecular weight is 335 g/mol. The van der Waals surface area contributed by atoms with E-state index >= 15 is 0 Å². The van der Waals surface area contributed by atoms with Gasteiger partial charge >= 0.3 is 0 Å². The van der Waals surface area contributed by atoms with Crippen molar-refractivity contribution < 1.29 is 9.59 Å². The third-order valence-electron chi connectivity index (χ3n) is 4.36. The van der Waals surface area contributed by atoms with Crippen LogP contribution >= 0.6 is 0 Å². The molecule has 0 spiro atoms. The van der Waals surface area contributed by atoms with E-state index in [1.165, 1.54) is 0 Å². The van der Waals surface area contributed by atoms with Crippen molar-refractivity contribution in [1.29, 1.82) is 0 Å².